The number of imidazole rings is 1. The molecule has 29 heavy (non-hydrogen) atoms. The van der Waals surface area contributed by atoms with Gasteiger partial charge in [-0.1, -0.05) is 6.42 Å². The summed E-state index contributed by atoms with van der Waals surface area (Å²) in [5.74, 6) is -0.427. The molecule has 1 aliphatic rings. The van der Waals surface area contributed by atoms with Crippen LogP contribution in [0.15, 0.2) is 42.3 Å². The average molecular weight is 412 g/mol. The fourth-order valence-electron chi connectivity index (χ4n) is 3.38. The maximum atomic E-state index is 12.6. The predicted molar refractivity (Wildman–Crippen MR) is 109 cm³/mol. The van der Waals surface area contributed by atoms with E-state index in [4.69, 9.17) is 0 Å². The summed E-state index contributed by atoms with van der Waals surface area (Å²) in [5.41, 5.74) is 1.31. The maximum absolute atomic E-state index is 12.6. The number of rotatable bonds is 6. The van der Waals surface area contributed by atoms with Crippen molar-refractivity contribution in [2.45, 2.75) is 25.8 Å². The van der Waals surface area contributed by atoms with Crippen LogP contribution in [0.5, 0.6) is 0 Å². The highest BCUT2D eigenvalue weighted by Gasteiger charge is 2.20. The van der Waals surface area contributed by atoms with Crippen molar-refractivity contribution in [1.82, 2.24) is 19.4 Å². The molecule has 1 aromatic carbocycles. The molecule has 4 rings (SSSR count). The van der Waals surface area contributed by atoms with E-state index in [-0.39, 0.29) is 11.3 Å². The Balaban J connectivity index is 1.47. The zero-order valence-corrected chi connectivity index (χ0v) is 16.5. The summed E-state index contributed by atoms with van der Waals surface area (Å²) in [6.07, 6.45) is 8.32. The number of piperidine rings is 1. The first-order chi connectivity index (χ1) is 14.1. The monoisotopic (exact) mass is 412 g/mol. The highest BCUT2D eigenvalue weighted by atomic mass is 32.1. The summed E-state index contributed by atoms with van der Waals surface area (Å²) in [6.45, 7) is 2.93. The van der Waals surface area contributed by atoms with E-state index in [1.54, 1.807) is 18.3 Å². The summed E-state index contributed by atoms with van der Waals surface area (Å²) in [5, 5.41) is 16.6. The molecule has 10 heteroatoms. The second kappa shape index (κ2) is 8.50. The molecule has 0 bridgehead atoms. The molecule has 0 spiro atoms. The molecular formula is C19H20N6O3S. The lowest BCUT2D eigenvalue weighted by atomic mass is 10.1. The number of nitrogens with zero attached hydrogens (tertiary/aromatic N) is 5. The van der Waals surface area contributed by atoms with Crippen molar-refractivity contribution in [3.8, 4) is 5.69 Å². The standard InChI is InChI=1S/C19H20N6O3S/c26-18(22-19-21-15(12-29-19)11-23-7-2-1-3-8-23)14-4-5-16(17(10-14)25(27)28)24-9-6-20-13-24/h4-6,9-10,12-13H,1-3,7-8,11H2,(H,21,22,26). The summed E-state index contributed by atoms with van der Waals surface area (Å²) >= 11 is 1.36. The number of likely N-dealkylation sites (tertiary alicyclic amines) is 1. The van der Waals surface area contributed by atoms with E-state index >= 15 is 0 Å². The van der Waals surface area contributed by atoms with Crippen LogP contribution >= 0.6 is 11.3 Å². The number of carbonyl (C=O) groups excluding carboxylic acids is 1. The minimum Gasteiger partial charge on any atom is -0.300 e. The lowest BCUT2D eigenvalue weighted by molar-refractivity contribution is -0.384. The molecule has 1 aliphatic heterocycles. The summed E-state index contributed by atoms with van der Waals surface area (Å²) < 4.78 is 1.54. The van der Waals surface area contributed by atoms with Gasteiger partial charge < -0.3 is 4.57 Å². The molecule has 3 aromatic rings. The topological polar surface area (TPSA) is 106 Å². The third-order valence-corrected chi connectivity index (χ3v) is 5.63. The normalized spacial score (nSPS) is 14.6. The van der Waals surface area contributed by atoms with Crippen LogP contribution in [-0.4, -0.2) is 43.4 Å². The molecular weight excluding hydrogens is 392 g/mol. The third kappa shape index (κ3) is 4.49. The number of nitro groups is 1. The number of nitrogens with one attached hydrogen (secondary N) is 1. The molecule has 0 radical (unpaired) electrons. The number of hydrogen-bond acceptors (Lipinski definition) is 7. The smallest absolute Gasteiger partial charge is 0.294 e. The summed E-state index contributed by atoms with van der Waals surface area (Å²) in [7, 11) is 0. The third-order valence-electron chi connectivity index (χ3n) is 4.82. The van der Waals surface area contributed by atoms with Crippen molar-refractivity contribution in [2.24, 2.45) is 0 Å². The molecule has 3 heterocycles. The van der Waals surface area contributed by atoms with Crippen LogP contribution < -0.4 is 5.32 Å². The van der Waals surface area contributed by atoms with E-state index in [1.165, 1.54) is 53.8 Å². The van der Waals surface area contributed by atoms with Crippen LogP contribution in [-0.2, 0) is 6.54 Å². The first kappa shape index (κ1) is 19.2. The van der Waals surface area contributed by atoms with Crippen LogP contribution in [0.25, 0.3) is 5.69 Å². The van der Waals surface area contributed by atoms with Crippen LogP contribution in [0.1, 0.15) is 35.3 Å². The van der Waals surface area contributed by atoms with Crippen LogP contribution in [0, 0.1) is 10.1 Å². The predicted octanol–water partition coefficient (Wildman–Crippen LogP) is 3.48. The molecule has 9 nitrogen and oxygen atoms in total. The molecule has 0 saturated carbocycles. The Morgan fingerprint density at radius 2 is 2.10 bits per heavy atom. The van der Waals surface area contributed by atoms with Crippen molar-refractivity contribution in [1.29, 1.82) is 0 Å². The molecule has 1 saturated heterocycles. The quantitative estimate of drug-likeness (QED) is 0.491. The fraction of sp³-hybridized carbons (Fsp3) is 0.316. The zero-order chi connectivity index (χ0) is 20.2. The van der Waals surface area contributed by atoms with Gasteiger partial charge in [0.25, 0.3) is 11.6 Å². The van der Waals surface area contributed by atoms with Crippen LogP contribution in [0.3, 0.4) is 0 Å². The Morgan fingerprint density at radius 1 is 1.28 bits per heavy atom. The van der Waals surface area contributed by atoms with Gasteiger partial charge in [-0.2, -0.15) is 0 Å². The number of thiazole rings is 1. The molecule has 1 N–H and O–H groups in total. The molecule has 0 unspecified atom stereocenters. The molecule has 2 aromatic heterocycles. The second-order valence-corrected chi connectivity index (χ2v) is 7.72. The molecule has 1 amide bonds. The number of anilines is 1. The Hall–Kier alpha value is -3.11. The fourth-order valence-corrected chi connectivity index (χ4v) is 4.08. The summed E-state index contributed by atoms with van der Waals surface area (Å²) in [4.78, 5) is 34.3. The van der Waals surface area contributed by atoms with Gasteiger partial charge in [-0.05, 0) is 38.1 Å². The lowest BCUT2D eigenvalue weighted by Gasteiger charge is -2.25. The van der Waals surface area contributed by atoms with Gasteiger partial charge in [0.05, 0.1) is 16.9 Å². The maximum Gasteiger partial charge on any atom is 0.294 e. The second-order valence-electron chi connectivity index (χ2n) is 6.87. The van der Waals surface area contributed by atoms with Crippen molar-refractivity contribution in [3.63, 3.8) is 0 Å². The number of aromatic nitrogens is 3. The number of hydrogen-bond donors (Lipinski definition) is 1. The van der Waals surface area contributed by atoms with Gasteiger partial charge in [0, 0.05) is 35.9 Å². The number of benzene rings is 1. The van der Waals surface area contributed by atoms with Crippen molar-refractivity contribution in [2.75, 3.05) is 18.4 Å². The Labute approximate surface area is 171 Å². The zero-order valence-electron chi connectivity index (χ0n) is 15.7. The summed E-state index contributed by atoms with van der Waals surface area (Å²) in [6, 6.07) is 4.37. The van der Waals surface area contributed by atoms with Gasteiger partial charge in [0.15, 0.2) is 5.13 Å². The van der Waals surface area contributed by atoms with E-state index < -0.39 is 10.8 Å². The molecule has 0 atom stereocenters. The Morgan fingerprint density at radius 3 is 2.83 bits per heavy atom. The SMILES string of the molecule is O=C(Nc1nc(CN2CCCCC2)cs1)c1ccc(-n2ccnc2)c([N+](=O)[O-])c1. The first-order valence-electron chi connectivity index (χ1n) is 9.35. The van der Waals surface area contributed by atoms with Gasteiger partial charge in [0.1, 0.15) is 5.69 Å². The first-order valence-corrected chi connectivity index (χ1v) is 10.2. The van der Waals surface area contributed by atoms with E-state index in [0.717, 1.165) is 25.3 Å². The number of carbonyl (C=O) groups is 1. The average Bonchev–Trinajstić information content (AvgIpc) is 3.40. The van der Waals surface area contributed by atoms with E-state index in [2.05, 4.69) is 20.2 Å². The van der Waals surface area contributed by atoms with Gasteiger partial charge in [-0.25, -0.2) is 9.97 Å². The molecule has 1 fully saturated rings. The Kier molecular flexibility index (Phi) is 5.63. The Bertz CT molecular complexity index is 1010. The van der Waals surface area contributed by atoms with Gasteiger partial charge in [-0.3, -0.25) is 25.1 Å². The van der Waals surface area contributed by atoms with Crippen LogP contribution in [0.2, 0.25) is 0 Å². The molecule has 150 valence electrons. The van der Waals surface area contributed by atoms with Gasteiger partial charge in [0.2, 0.25) is 0 Å². The minimum atomic E-state index is -0.508. The number of nitro benzene ring substituents is 1. The van der Waals surface area contributed by atoms with Crippen LogP contribution in [0.4, 0.5) is 10.8 Å². The largest absolute Gasteiger partial charge is 0.300 e. The minimum absolute atomic E-state index is 0.166. The molecule has 0 aliphatic carbocycles. The van der Waals surface area contributed by atoms with Gasteiger partial charge in [-0.15, -0.1) is 11.3 Å². The van der Waals surface area contributed by atoms with Gasteiger partial charge >= 0.3 is 0 Å². The van der Waals surface area contributed by atoms with Crippen molar-refractivity contribution in [3.05, 3.63) is 63.7 Å². The van der Waals surface area contributed by atoms with E-state index in [0.29, 0.717) is 10.8 Å². The van der Waals surface area contributed by atoms with Crippen molar-refractivity contribution >= 4 is 28.1 Å². The highest BCUT2D eigenvalue weighted by molar-refractivity contribution is 7.14. The van der Waals surface area contributed by atoms with Crippen molar-refractivity contribution < 1.29 is 9.72 Å². The van der Waals surface area contributed by atoms with E-state index in [9.17, 15) is 14.9 Å². The lowest BCUT2D eigenvalue weighted by Crippen LogP contribution is -2.29. The number of amides is 1. The van der Waals surface area contributed by atoms with E-state index in [1.807, 2.05) is 5.38 Å². The highest BCUT2D eigenvalue weighted by Crippen LogP contribution is 2.25.